The van der Waals surface area contributed by atoms with Gasteiger partial charge in [0.2, 0.25) is 0 Å². The van der Waals surface area contributed by atoms with Gasteiger partial charge in [-0.2, -0.15) is 0 Å². The first-order valence-corrected chi connectivity index (χ1v) is 10.9. The van der Waals surface area contributed by atoms with Crippen molar-refractivity contribution in [2.75, 3.05) is 0 Å². The predicted octanol–water partition coefficient (Wildman–Crippen LogP) is 3.74. The van der Waals surface area contributed by atoms with Crippen LogP contribution in [0.15, 0.2) is 10.8 Å². The number of carboxylic acid groups (broad SMARTS) is 1. The number of aromatic carboxylic acids is 1. The molecule has 0 bridgehead atoms. The van der Waals surface area contributed by atoms with E-state index >= 15 is 0 Å². The van der Waals surface area contributed by atoms with E-state index in [1.54, 1.807) is 46.9 Å². The average molecular weight is 456 g/mol. The minimum Gasteiger partial charge on any atom is -0.476 e. The first-order valence-electron chi connectivity index (χ1n) is 9.09. The summed E-state index contributed by atoms with van der Waals surface area (Å²) in [4.78, 5) is 44.3. The van der Waals surface area contributed by atoms with E-state index in [-0.39, 0.29) is 12.1 Å². The molecule has 0 saturated heterocycles. The molecule has 0 fully saturated rings. The molecule has 1 amide bonds. The molecule has 2 heterocycles. The Morgan fingerprint density at radius 3 is 2.20 bits per heavy atom. The SMILES string of the molecule is CC(C)(C)OC(=O)NC(Cc1nc(-c2nc(C(=O)O)cs2)cs1)C(=O)OC(C)(C)C. The summed E-state index contributed by atoms with van der Waals surface area (Å²) in [7, 11) is 0. The predicted molar refractivity (Wildman–Crippen MR) is 113 cm³/mol. The van der Waals surface area contributed by atoms with Crippen molar-refractivity contribution in [2.24, 2.45) is 0 Å². The maximum Gasteiger partial charge on any atom is 0.408 e. The molecule has 2 aromatic heterocycles. The molecule has 1 unspecified atom stereocenters. The van der Waals surface area contributed by atoms with E-state index in [9.17, 15) is 14.4 Å². The molecule has 30 heavy (non-hydrogen) atoms. The maximum absolute atomic E-state index is 12.6. The van der Waals surface area contributed by atoms with Crippen LogP contribution in [0.1, 0.15) is 57.0 Å². The molecule has 2 rings (SSSR count). The fourth-order valence-electron chi connectivity index (χ4n) is 2.18. The zero-order chi connectivity index (χ0) is 22.7. The van der Waals surface area contributed by atoms with E-state index in [4.69, 9.17) is 14.6 Å². The van der Waals surface area contributed by atoms with Crippen LogP contribution in [-0.2, 0) is 20.7 Å². The molecule has 2 N–H and O–H groups in total. The Kier molecular flexibility index (Phi) is 7.19. The number of esters is 1. The van der Waals surface area contributed by atoms with Crippen LogP contribution < -0.4 is 5.32 Å². The summed E-state index contributed by atoms with van der Waals surface area (Å²) in [6.45, 7) is 10.4. The third kappa shape index (κ3) is 7.38. The van der Waals surface area contributed by atoms with Gasteiger partial charge in [-0.05, 0) is 41.5 Å². The van der Waals surface area contributed by atoms with Crippen molar-refractivity contribution < 1.29 is 29.0 Å². The van der Waals surface area contributed by atoms with Gasteiger partial charge in [-0.1, -0.05) is 0 Å². The monoisotopic (exact) mass is 455 g/mol. The molecular formula is C19H25N3O6S2. The number of nitrogens with one attached hydrogen (secondary N) is 1. The summed E-state index contributed by atoms with van der Waals surface area (Å²) in [6, 6.07) is -0.996. The Labute approximate surface area is 182 Å². The highest BCUT2D eigenvalue weighted by atomic mass is 32.1. The molecule has 0 spiro atoms. The second kappa shape index (κ2) is 9.09. The molecule has 0 aliphatic carbocycles. The number of alkyl carbamates (subject to hydrolysis) is 1. The number of carbonyl (C=O) groups is 3. The number of rotatable bonds is 6. The van der Waals surface area contributed by atoms with Crippen LogP contribution in [0.2, 0.25) is 0 Å². The van der Waals surface area contributed by atoms with Crippen LogP contribution >= 0.6 is 22.7 Å². The normalized spacial score (nSPS) is 12.9. The second-order valence-corrected chi connectivity index (χ2v) is 10.2. The maximum atomic E-state index is 12.6. The van der Waals surface area contributed by atoms with Gasteiger partial charge in [0.05, 0.1) is 5.01 Å². The molecule has 11 heteroatoms. The van der Waals surface area contributed by atoms with E-state index in [1.165, 1.54) is 28.1 Å². The molecule has 0 saturated carbocycles. The van der Waals surface area contributed by atoms with Gasteiger partial charge in [0.25, 0.3) is 0 Å². The number of aromatic nitrogens is 2. The Hall–Kier alpha value is -2.53. The van der Waals surface area contributed by atoms with Crippen molar-refractivity contribution >= 4 is 40.7 Å². The quantitative estimate of drug-likeness (QED) is 0.631. The number of hydrogen-bond donors (Lipinski definition) is 2. The molecule has 164 valence electrons. The van der Waals surface area contributed by atoms with Crippen LogP contribution in [0.4, 0.5) is 4.79 Å². The van der Waals surface area contributed by atoms with Crippen molar-refractivity contribution in [1.29, 1.82) is 0 Å². The van der Waals surface area contributed by atoms with Gasteiger partial charge in [0.1, 0.15) is 27.9 Å². The second-order valence-electron chi connectivity index (χ2n) is 8.41. The third-order valence-corrected chi connectivity index (χ3v) is 4.99. The van der Waals surface area contributed by atoms with E-state index in [0.29, 0.717) is 15.7 Å². The zero-order valence-electron chi connectivity index (χ0n) is 17.6. The summed E-state index contributed by atoms with van der Waals surface area (Å²) >= 11 is 2.44. The Balaban J connectivity index is 2.18. The van der Waals surface area contributed by atoms with Gasteiger partial charge >= 0.3 is 18.0 Å². The smallest absolute Gasteiger partial charge is 0.408 e. The molecule has 0 aliphatic heterocycles. The van der Waals surface area contributed by atoms with Crippen molar-refractivity contribution in [1.82, 2.24) is 15.3 Å². The van der Waals surface area contributed by atoms with Crippen LogP contribution in [0, 0.1) is 0 Å². The number of thiazole rings is 2. The van der Waals surface area contributed by atoms with Crippen molar-refractivity contribution in [3.05, 3.63) is 21.5 Å². The van der Waals surface area contributed by atoms with Gasteiger partial charge in [-0.25, -0.2) is 24.4 Å². The largest absolute Gasteiger partial charge is 0.476 e. The van der Waals surface area contributed by atoms with Crippen LogP contribution in [0.5, 0.6) is 0 Å². The number of nitrogens with zero attached hydrogens (tertiary/aromatic N) is 2. The lowest BCUT2D eigenvalue weighted by molar-refractivity contribution is -0.157. The minimum absolute atomic E-state index is 0.0530. The van der Waals surface area contributed by atoms with Crippen LogP contribution in [0.25, 0.3) is 10.7 Å². The molecule has 0 radical (unpaired) electrons. The first-order chi connectivity index (χ1) is 13.7. The number of amides is 1. The molecule has 2 aromatic rings. The van der Waals surface area contributed by atoms with Gasteiger partial charge < -0.3 is 19.9 Å². The van der Waals surface area contributed by atoms with Crippen molar-refractivity contribution in [2.45, 2.75) is 65.2 Å². The summed E-state index contributed by atoms with van der Waals surface area (Å²) in [5.41, 5.74) is -0.994. The minimum atomic E-state index is -1.11. The zero-order valence-corrected chi connectivity index (χ0v) is 19.3. The van der Waals surface area contributed by atoms with E-state index in [2.05, 4.69) is 15.3 Å². The first kappa shape index (κ1) is 23.7. The lowest BCUT2D eigenvalue weighted by Crippen LogP contribution is -2.47. The van der Waals surface area contributed by atoms with Crippen LogP contribution in [0.3, 0.4) is 0 Å². The highest BCUT2D eigenvalue weighted by molar-refractivity contribution is 7.14. The van der Waals surface area contributed by atoms with Gasteiger partial charge in [0, 0.05) is 17.2 Å². The van der Waals surface area contributed by atoms with Gasteiger partial charge in [0.15, 0.2) is 5.69 Å². The highest BCUT2D eigenvalue weighted by Crippen LogP contribution is 2.26. The Morgan fingerprint density at radius 1 is 1.03 bits per heavy atom. The molecular weight excluding hydrogens is 430 g/mol. The summed E-state index contributed by atoms with van der Waals surface area (Å²) in [5, 5.41) is 15.7. The fourth-order valence-corrected chi connectivity index (χ4v) is 3.84. The number of carboxylic acids is 1. The van der Waals surface area contributed by atoms with E-state index < -0.39 is 35.3 Å². The average Bonchev–Trinajstić information content (AvgIpc) is 3.19. The van der Waals surface area contributed by atoms with E-state index in [0.717, 1.165) is 0 Å². The van der Waals surface area contributed by atoms with Crippen LogP contribution in [-0.4, -0.2) is 50.4 Å². The molecule has 0 aromatic carbocycles. The number of carbonyl (C=O) groups excluding carboxylic acids is 2. The van der Waals surface area contributed by atoms with E-state index in [1.807, 2.05) is 0 Å². The summed E-state index contributed by atoms with van der Waals surface area (Å²) < 4.78 is 10.7. The fraction of sp³-hybridized carbons (Fsp3) is 0.526. The Bertz CT molecular complexity index is 923. The molecule has 1 atom stereocenters. The Morgan fingerprint density at radius 2 is 1.67 bits per heavy atom. The van der Waals surface area contributed by atoms with Crippen molar-refractivity contribution in [3.63, 3.8) is 0 Å². The van der Waals surface area contributed by atoms with Gasteiger partial charge in [-0.15, -0.1) is 22.7 Å². The lowest BCUT2D eigenvalue weighted by atomic mass is 10.1. The topological polar surface area (TPSA) is 128 Å². The molecule has 9 nitrogen and oxygen atoms in total. The number of ether oxygens (including phenoxy) is 2. The van der Waals surface area contributed by atoms with Crippen molar-refractivity contribution in [3.8, 4) is 10.7 Å². The molecule has 0 aliphatic rings. The van der Waals surface area contributed by atoms with Gasteiger partial charge in [-0.3, -0.25) is 0 Å². The summed E-state index contributed by atoms with van der Waals surface area (Å²) in [5.74, 6) is -1.72. The lowest BCUT2D eigenvalue weighted by Gasteiger charge is -2.25. The summed E-state index contributed by atoms with van der Waals surface area (Å²) in [6.07, 6.45) is -0.642. The standard InChI is InChI=1S/C19H25N3O6S2/c1-18(2,3)27-16(25)10(22-17(26)28-19(4,5)6)7-13-20-11(8-29-13)14-21-12(9-30-14)15(23)24/h8-10H,7H2,1-6H3,(H,22,26)(H,23,24). The highest BCUT2D eigenvalue weighted by Gasteiger charge is 2.30. The number of hydrogen-bond acceptors (Lipinski definition) is 9. The third-order valence-electron chi connectivity index (χ3n) is 3.26.